The van der Waals surface area contributed by atoms with Crippen LogP contribution in [0.1, 0.15) is 5.56 Å². The fraction of sp³-hybridized carbons (Fsp3) is 0.100. The Morgan fingerprint density at radius 2 is 1.94 bits per heavy atom. The summed E-state index contributed by atoms with van der Waals surface area (Å²) in [6, 6.07) is 7.30. The summed E-state index contributed by atoms with van der Waals surface area (Å²) in [5.41, 5.74) is -0.0645. The molecule has 0 aliphatic heterocycles. The van der Waals surface area contributed by atoms with Crippen LogP contribution in [0.4, 0.5) is 0 Å². The van der Waals surface area contributed by atoms with E-state index in [9.17, 15) is 9.59 Å². The minimum absolute atomic E-state index is 0.236. The Bertz CT molecular complexity index is 620. The number of H-pyrrole nitrogens is 2. The van der Waals surface area contributed by atoms with Crippen LogP contribution in [0.15, 0.2) is 38.9 Å². The zero-order valence-electron chi connectivity index (χ0n) is 8.57. The Labute approximate surface area is 105 Å². The molecular formula is C10H8ClN3O2S. The van der Waals surface area contributed by atoms with Crippen LogP contribution < -0.4 is 11.2 Å². The second-order valence-electron chi connectivity index (χ2n) is 3.23. The molecule has 1 aromatic heterocycles. The molecule has 17 heavy (non-hydrogen) atoms. The van der Waals surface area contributed by atoms with Gasteiger partial charge in [-0.2, -0.15) is 5.10 Å². The molecule has 0 saturated carbocycles. The number of hydrogen-bond acceptors (Lipinski definition) is 4. The zero-order valence-corrected chi connectivity index (χ0v) is 10.1. The predicted octanol–water partition coefficient (Wildman–Crippen LogP) is 1.40. The molecule has 0 amide bonds. The topological polar surface area (TPSA) is 78.6 Å². The van der Waals surface area contributed by atoms with E-state index in [2.05, 4.69) is 15.2 Å². The second-order valence-corrected chi connectivity index (χ2v) is 4.63. The van der Waals surface area contributed by atoms with E-state index in [4.69, 9.17) is 11.6 Å². The number of nitrogens with zero attached hydrogens (tertiary/aromatic N) is 1. The number of thioether (sulfide) groups is 1. The van der Waals surface area contributed by atoms with Gasteiger partial charge in [-0.3, -0.25) is 9.78 Å². The SMILES string of the molecule is O=c1[nH]nc(SCc2ccc(Cl)cc2)c(=O)[nH]1. The Kier molecular flexibility index (Phi) is 3.65. The number of nitrogens with one attached hydrogen (secondary N) is 2. The highest BCUT2D eigenvalue weighted by atomic mass is 35.5. The Morgan fingerprint density at radius 3 is 2.59 bits per heavy atom. The molecule has 5 nitrogen and oxygen atoms in total. The lowest BCUT2D eigenvalue weighted by Gasteiger charge is -1.99. The van der Waals surface area contributed by atoms with Gasteiger partial charge in [0.25, 0.3) is 5.56 Å². The molecule has 0 aliphatic carbocycles. The van der Waals surface area contributed by atoms with Crippen molar-refractivity contribution >= 4 is 23.4 Å². The summed E-state index contributed by atoms with van der Waals surface area (Å²) in [6.07, 6.45) is 0. The zero-order chi connectivity index (χ0) is 12.3. The summed E-state index contributed by atoms with van der Waals surface area (Å²) in [5.74, 6) is 0.583. The maximum absolute atomic E-state index is 11.3. The summed E-state index contributed by atoms with van der Waals surface area (Å²) < 4.78 is 0. The van der Waals surface area contributed by atoms with Gasteiger partial charge in [-0.25, -0.2) is 9.89 Å². The molecule has 0 radical (unpaired) electrons. The van der Waals surface area contributed by atoms with Crippen LogP contribution in [-0.2, 0) is 5.75 Å². The van der Waals surface area contributed by atoms with Gasteiger partial charge in [-0.05, 0) is 17.7 Å². The van der Waals surface area contributed by atoms with Crippen molar-refractivity contribution < 1.29 is 0 Å². The van der Waals surface area contributed by atoms with Crippen molar-refractivity contribution in [3.63, 3.8) is 0 Å². The largest absolute Gasteiger partial charge is 0.342 e. The Morgan fingerprint density at radius 1 is 1.24 bits per heavy atom. The molecule has 0 fully saturated rings. The minimum atomic E-state index is -0.606. The fourth-order valence-corrected chi connectivity index (χ4v) is 2.08. The van der Waals surface area contributed by atoms with E-state index in [0.717, 1.165) is 5.56 Å². The van der Waals surface area contributed by atoms with E-state index in [1.165, 1.54) is 11.8 Å². The number of rotatable bonds is 3. The van der Waals surface area contributed by atoms with Gasteiger partial charge in [0.1, 0.15) is 0 Å². The molecule has 88 valence electrons. The molecule has 1 heterocycles. The third-order valence-corrected chi connectivity index (χ3v) is 3.25. The van der Waals surface area contributed by atoms with Gasteiger partial charge in [0.2, 0.25) is 0 Å². The maximum atomic E-state index is 11.3. The summed E-state index contributed by atoms with van der Waals surface area (Å²) in [7, 11) is 0. The average Bonchev–Trinajstić information content (AvgIpc) is 2.30. The average molecular weight is 270 g/mol. The molecular weight excluding hydrogens is 262 g/mol. The molecule has 2 aromatic rings. The van der Waals surface area contributed by atoms with Crippen molar-refractivity contribution in [2.45, 2.75) is 10.8 Å². The summed E-state index contributed by atoms with van der Waals surface area (Å²) in [4.78, 5) is 24.2. The van der Waals surface area contributed by atoms with Crippen molar-refractivity contribution in [2.75, 3.05) is 0 Å². The molecule has 1 aromatic carbocycles. The molecule has 0 saturated heterocycles. The highest BCUT2D eigenvalue weighted by Crippen LogP contribution is 2.18. The van der Waals surface area contributed by atoms with Crippen molar-refractivity contribution in [2.24, 2.45) is 0 Å². The van der Waals surface area contributed by atoms with Crippen LogP contribution >= 0.6 is 23.4 Å². The number of benzene rings is 1. The van der Waals surface area contributed by atoms with Crippen LogP contribution in [-0.4, -0.2) is 15.2 Å². The second kappa shape index (κ2) is 5.20. The monoisotopic (exact) mass is 269 g/mol. The minimum Gasteiger partial charge on any atom is -0.271 e. The third-order valence-electron chi connectivity index (χ3n) is 1.97. The van der Waals surface area contributed by atoms with E-state index in [-0.39, 0.29) is 5.03 Å². The fourth-order valence-electron chi connectivity index (χ4n) is 1.17. The number of aromatic nitrogens is 3. The smallest absolute Gasteiger partial charge is 0.271 e. The molecule has 0 spiro atoms. The molecule has 2 rings (SSSR count). The first-order valence-electron chi connectivity index (χ1n) is 4.71. The number of hydrogen-bond donors (Lipinski definition) is 2. The lowest BCUT2D eigenvalue weighted by atomic mass is 10.2. The first-order valence-corrected chi connectivity index (χ1v) is 6.08. The van der Waals surface area contributed by atoms with E-state index in [0.29, 0.717) is 10.8 Å². The lowest BCUT2D eigenvalue weighted by molar-refractivity contribution is 0.807. The first-order chi connectivity index (χ1) is 8.15. The van der Waals surface area contributed by atoms with Crippen LogP contribution in [0.3, 0.4) is 0 Å². The van der Waals surface area contributed by atoms with E-state index in [1.807, 2.05) is 12.1 Å². The normalized spacial score (nSPS) is 10.4. The lowest BCUT2D eigenvalue weighted by Crippen LogP contribution is -2.24. The molecule has 0 aliphatic rings. The van der Waals surface area contributed by atoms with Crippen molar-refractivity contribution in [3.05, 3.63) is 55.7 Å². The van der Waals surface area contributed by atoms with E-state index >= 15 is 0 Å². The summed E-state index contributed by atoms with van der Waals surface area (Å²) >= 11 is 7.00. The van der Waals surface area contributed by atoms with Gasteiger partial charge >= 0.3 is 5.69 Å². The predicted molar refractivity (Wildman–Crippen MR) is 66.5 cm³/mol. The Hall–Kier alpha value is -1.53. The quantitative estimate of drug-likeness (QED) is 0.826. The highest BCUT2D eigenvalue weighted by Gasteiger charge is 2.03. The molecule has 2 N–H and O–H groups in total. The summed E-state index contributed by atoms with van der Waals surface area (Å²) in [6.45, 7) is 0. The van der Waals surface area contributed by atoms with E-state index < -0.39 is 11.2 Å². The van der Waals surface area contributed by atoms with Crippen molar-refractivity contribution in [3.8, 4) is 0 Å². The van der Waals surface area contributed by atoms with E-state index in [1.54, 1.807) is 12.1 Å². The van der Waals surface area contributed by atoms with Gasteiger partial charge in [-0.1, -0.05) is 35.5 Å². The molecule has 0 bridgehead atoms. The molecule has 0 unspecified atom stereocenters. The standard InChI is InChI=1S/C10H8ClN3O2S/c11-7-3-1-6(2-4-7)5-17-9-8(15)12-10(16)14-13-9/h1-4H,5H2,(H2,12,14,15,16). The number of aromatic amines is 2. The van der Waals surface area contributed by atoms with Crippen molar-refractivity contribution in [1.82, 2.24) is 15.2 Å². The van der Waals surface area contributed by atoms with Gasteiger partial charge < -0.3 is 0 Å². The highest BCUT2D eigenvalue weighted by molar-refractivity contribution is 7.98. The van der Waals surface area contributed by atoms with Gasteiger partial charge in [-0.15, -0.1) is 0 Å². The van der Waals surface area contributed by atoms with Gasteiger partial charge in [0.15, 0.2) is 5.03 Å². The third kappa shape index (κ3) is 3.21. The van der Waals surface area contributed by atoms with Gasteiger partial charge in [0, 0.05) is 10.8 Å². The molecule has 0 atom stereocenters. The van der Waals surface area contributed by atoms with Crippen molar-refractivity contribution in [1.29, 1.82) is 0 Å². The van der Waals surface area contributed by atoms with Crippen LogP contribution in [0, 0.1) is 0 Å². The number of halogens is 1. The van der Waals surface area contributed by atoms with Crippen LogP contribution in [0.5, 0.6) is 0 Å². The van der Waals surface area contributed by atoms with Gasteiger partial charge in [0.05, 0.1) is 0 Å². The van der Waals surface area contributed by atoms with Crippen LogP contribution in [0.2, 0.25) is 5.02 Å². The van der Waals surface area contributed by atoms with Crippen LogP contribution in [0.25, 0.3) is 0 Å². The molecule has 7 heteroatoms. The summed E-state index contributed by atoms with van der Waals surface area (Å²) in [5, 5.41) is 6.75. The maximum Gasteiger partial charge on any atom is 0.342 e. The Balaban J connectivity index is 2.10. The first kappa shape index (κ1) is 11.9.